The van der Waals surface area contributed by atoms with E-state index >= 15 is 0 Å². The van der Waals surface area contributed by atoms with E-state index in [1.807, 2.05) is 11.4 Å². The molecule has 1 aromatic carbocycles. The molecule has 0 aliphatic rings. The van der Waals surface area contributed by atoms with Crippen molar-refractivity contribution in [3.8, 4) is 27.4 Å². The molecule has 0 aliphatic carbocycles. The van der Waals surface area contributed by atoms with Gasteiger partial charge in [-0.15, -0.1) is 11.3 Å². The van der Waals surface area contributed by atoms with E-state index in [0.29, 0.717) is 16.9 Å². The van der Waals surface area contributed by atoms with Crippen LogP contribution in [0.1, 0.15) is 0 Å². The summed E-state index contributed by atoms with van der Waals surface area (Å²) in [6, 6.07) is 8.18. The smallest absolute Gasteiger partial charge is 0.153 e. The van der Waals surface area contributed by atoms with Gasteiger partial charge < -0.3 is 10.5 Å². The molecular weight excluding hydrogens is 277 g/mol. The van der Waals surface area contributed by atoms with E-state index in [2.05, 4.69) is 10.2 Å². The summed E-state index contributed by atoms with van der Waals surface area (Å²) in [4.78, 5) is 0.935. The molecule has 0 saturated heterocycles. The Morgan fingerprint density at radius 2 is 2.20 bits per heavy atom. The number of nitrogens with two attached hydrogens (primary N) is 1. The highest BCUT2D eigenvalue weighted by Crippen LogP contribution is 2.39. The Hall–Kier alpha value is -2.34. The molecule has 0 radical (unpaired) electrons. The molecule has 3 N–H and O–H groups in total. The Morgan fingerprint density at radius 1 is 1.35 bits per heavy atom. The van der Waals surface area contributed by atoms with Gasteiger partial charge in [0, 0.05) is 11.4 Å². The van der Waals surface area contributed by atoms with Crippen molar-refractivity contribution < 1.29 is 9.13 Å². The van der Waals surface area contributed by atoms with Crippen molar-refractivity contribution in [1.29, 1.82) is 0 Å². The normalized spacial score (nSPS) is 10.7. The fraction of sp³-hybridized carbons (Fsp3) is 0.0714. The molecule has 3 rings (SSSR count). The van der Waals surface area contributed by atoms with Crippen LogP contribution in [0.3, 0.4) is 0 Å². The predicted octanol–water partition coefficient (Wildman–Crippen LogP) is 3.54. The van der Waals surface area contributed by atoms with Crippen LogP contribution in [0.25, 0.3) is 21.7 Å². The van der Waals surface area contributed by atoms with Crippen LogP contribution < -0.4 is 10.5 Å². The first-order valence-electron chi connectivity index (χ1n) is 5.91. The second-order valence-electron chi connectivity index (χ2n) is 4.22. The Kier molecular flexibility index (Phi) is 3.15. The first-order valence-corrected chi connectivity index (χ1v) is 6.79. The lowest BCUT2D eigenvalue weighted by Crippen LogP contribution is -1.89. The molecule has 0 aliphatic heterocycles. The predicted molar refractivity (Wildman–Crippen MR) is 78.3 cm³/mol. The van der Waals surface area contributed by atoms with Gasteiger partial charge in [0.15, 0.2) is 5.82 Å². The van der Waals surface area contributed by atoms with Crippen LogP contribution in [0.2, 0.25) is 0 Å². The molecule has 0 fully saturated rings. The number of ether oxygens (including phenoxy) is 1. The summed E-state index contributed by atoms with van der Waals surface area (Å²) in [7, 11) is 1.61. The topological polar surface area (TPSA) is 63.9 Å². The van der Waals surface area contributed by atoms with E-state index in [-0.39, 0.29) is 5.82 Å². The van der Waals surface area contributed by atoms with E-state index in [9.17, 15) is 4.39 Å². The highest BCUT2D eigenvalue weighted by atomic mass is 32.1. The van der Waals surface area contributed by atoms with Crippen LogP contribution in [0.4, 0.5) is 10.2 Å². The van der Waals surface area contributed by atoms with E-state index in [1.54, 1.807) is 19.2 Å². The first-order chi connectivity index (χ1) is 9.69. The number of thiophene rings is 1. The third-order valence-corrected chi connectivity index (χ3v) is 3.89. The van der Waals surface area contributed by atoms with E-state index in [4.69, 9.17) is 10.5 Å². The molecule has 0 unspecified atom stereocenters. The maximum absolute atomic E-state index is 13.4. The third-order valence-electron chi connectivity index (χ3n) is 2.97. The maximum Gasteiger partial charge on any atom is 0.153 e. The molecular formula is C14H12FN3OS. The Labute approximate surface area is 119 Å². The summed E-state index contributed by atoms with van der Waals surface area (Å²) in [6.45, 7) is 0. The number of nitrogens with zero attached hydrogens (tertiary/aromatic N) is 1. The number of nitrogens with one attached hydrogen (secondary N) is 1. The molecule has 0 amide bonds. The van der Waals surface area contributed by atoms with E-state index in [0.717, 1.165) is 16.3 Å². The highest BCUT2D eigenvalue weighted by molar-refractivity contribution is 7.13. The summed E-state index contributed by atoms with van der Waals surface area (Å²) in [5, 5.41) is 8.82. The molecule has 4 nitrogen and oxygen atoms in total. The molecule has 0 bridgehead atoms. The van der Waals surface area contributed by atoms with Gasteiger partial charge in [-0.1, -0.05) is 12.1 Å². The minimum atomic E-state index is -0.308. The van der Waals surface area contributed by atoms with Gasteiger partial charge in [0.25, 0.3) is 0 Å². The average molecular weight is 289 g/mol. The van der Waals surface area contributed by atoms with Crippen LogP contribution in [-0.4, -0.2) is 17.3 Å². The highest BCUT2D eigenvalue weighted by Gasteiger charge is 2.16. The second kappa shape index (κ2) is 4.97. The summed E-state index contributed by atoms with van der Waals surface area (Å²) < 4.78 is 18.6. The minimum Gasteiger partial charge on any atom is -0.496 e. The Bertz CT molecular complexity index is 750. The Morgan fingerprint density at radius 3 is 2.90 bits per heavy atom. The van der Waals surface area contributed by atoms with Crippen molar-refractivity contribution in [2.45, 2.75) is 0 Å². The number of rotatable bonds is 3. The summed E-state index contributed by atoms with van der Waals surface area (Å²) in [5.74, 6) is 0.805. The molecule has 0 saturated carbocycles. The van der Waals surface area contributed by atoms with Crippen LogP contribution >= 0.6 is 11.3 Å². The average Bonchev–Trinajstić information content (AvgIpc) is 3.04. The van der Waals surface area contributed by atoms with Gasteiger partial charge in [-0.3, -0.25) is 5.10 Å². The quantitative estimate of drug-likeness (QED) is 0.775. The number of anilines is 1. The number of aromatic amines is 1. The van der Waals surface area contributed by atoms with Crippen molar-refractivity contribution in [3.63, 3.8) is 0 Å². The van der Waals surface area contributed by atoms with Gasteiger partial charge in [0.1, 0.15) is 11.6 Å². The summed E-state index contributed by atoms with van der Waals surface area (Å²) in [5.41, 5.74) is 8.07. The van der Waals surface area contributed by atoms with Gasteiger partial charge in [-0.2, -0.15) is 5.10 Å². The molecule has 102 valence electrons. The van der Waals surface area contributed by atoms with Crippen molar-refractivity contribution in [2.24, 2.45) is 0 Å². The SMILES string of the molecule is COc1csc(-c2[nH]nc(N)c2-c2cccc(F)c2)c1. The van der Waals surface area contributed by atoms with Crippen LogP contribution in [0.5, 0.6) is 5.75 Å². The maximum atomic E-state index is 13.4. The second-order valence-corrected chi connectivity index (χ2v) is 5.13. The Balaban J connectivity index is 2.14. The monoisotopic (exact) mass is 289 g/mol. The lowest BCUT2D eigenvalue weighted by atomic mass is 10.0. The zero-order valence-corrected chi connectivity index (χ0v) is 11.5. The van der Waals surface area contributed by atoms with Gasteiger partial charge in [0.2, 0.25) is 0 Å². The third kappa shape index (κ3) is 2.14. The molecule has 0 atom stereocenters. The lowest BCUT2D eigenvalue weighted by molar-refractivity contribution is 0.417. The zero-order chi connectivity index (χ0) is 14.1. The lowest BCUT2D eigenvalue weighted by Gasteiger charge is -2.03. The van der Waals surface area contributed by atoms with Crippen molar-refractivity contribution in [3.05, 3.63) is 41.5 Å². The van der Waals surface area contributed by atoms with Crippen LogP contribution in [0.15, 0.2) is 35.7 Å². The fourth-order valence-corrected chi connectivity index (χ4v) is 2.88. The molecule has 3 aromatic rings. The zero-order valence-electron chi connectivity index (χ0n) is 10.7. The number of aromatic nitrogens is 2. The number of hydrogen-bond acceptors (Lipinski definition) is 4. The van der Waals surface area contributed by atoms with Crippen LogP contribution in [0, 0.1) is 5.82 Å². The molecule has 20 heavy (non-hydrogen) atoms. The van der Waals surface area contributed by atoms with Gasteiger partial charge in [0.05, 0.1) is 23.2 Å². The van der Waals surface area contributed by atoms with Gasteiger partial charge in [-0.05, 0) is 17.7 Å². The number of hydrogen-bond donors (Lipinski definition) is 2. The van der Waals surface area contributed by atoms with Crippen molar-refractivity contribution in [2.75, 3.05) is 12.8 Å². The molecule has 2 heterocycles. The number of H-pyrrole nitrogens is 1. The van der Waals surface area contributed by atoms with Crippen molar-refractivity contribution in [1.82, 2.24) is 10.2 Å². The number of halogens is 1. The number of methoxy groups -OCH3 is 1. The number of benzene rings is 1. The minimum absolute atomic E-state index is 0.308. The molecule has 0 spiro atoms. The van der Waals surface area contributed by atoms with Gasteiger partial charge in [-0.25, -0.2) is 4.39 Å². The fourth-order valence-electron chi connectivity index (χ4n) is 2.03. The van der Waals surface area contributed by atoms with Gasteiger partial charge >= 0.3 is 0 Å². The number of nitrogen functional groups attached to an aromatic ring is 1. The summed E-state index contributed by atoms with van der Waals surface area (Å²) in [6.07, 6.45) is 0. The first kappa shape index (κ1) is 12.7. The van der Waals surface area contributed by atoms with E-state index < -0.39 is 0 Å². The van der Waals surface area contributed by atoms with Crippen molar-refractivity contribution >= 4 is 17.2 Å². The largest absolute Gasteiger partial charge is 0.496 e. The summed E-state index contributed by atoms with van der Waals surface area (Å²) >= 11 is 1.51. The van der Waals surface area contributed by atoms with E-state index in [1.165, 1.54) is 23.5 Å². The van der Waals surface area contributed by atoms with Crippen LogP contribution in [-0.2, 0) is 0 Å². The molecule has 2 aromatic heterocycles. The molecule has 6 heteroatoms. The standard InChI is InChI=1S/C14H12FN3OS/c1-19-10-6-11(20-7-10)13-12(14(16)18-17-13)8-3-2-4-9(15)5-8/h2-7H,1H3,(H3,16,17,18).